The summed E-state index contributed by atoms with van der Waals surface area (Å²) in [6.45, 7) is 3.98. The van der Waals surface area contributed by atoms with Crippen LogP contribution in [0, 0.1) is 0 Å². The average molecular weight is 212 g/mol. The Balaban J connectivity index is 2.48. The number of amides is 1. The number of nitrogens with zero attached hydrogens (tertiary/aromatic N) is 2. The summed E-state index contributed by atoms with van der Waals surface area (Å²) < 4.78 is 5.16. The fourth-order valence-electron chi connectivity index (χ4n) is 1.06. The van der Waals surface area contributed by atoms with E-state index in [0.717, 1.165) is 0 Å². The van der Waals surface area contributed by atoms with Gasteiger partial charge in [0.05, 0.1) is 6.54 Å². The lowest BCUT2D eigenvalue weighted by Gasteiger charge is -2.24. The van der Waals surface area contributed by atoms with E-state index in [9.17, 15) is 4.79 Å². The standard InChI is InChI=1S/C9H16N4O2/c1-4-9(2,15-3)8(14)10-5-7-11-6-12-13-7/h6H,4-5H2,1-3H3,(H,10,14)(H,11,12,13). The summed E-state index contributed by atoms with van der Waals surface area (Å²) in [6.07, 6.45) is 2.02. The molecule has 6 heteroatoms. The van der Waals surface area contributed by atoms with Crippen LogP contribution in [0.1, 0.15) is 26.1 Å². The van der Waals surface area contributed by atoms with Crippen LogP contribution in [0.2, 0.25) is 0 Å². The van der Waals surface area contributed by atoms with E-state index in [0.29, 0.717) is 18.8 Å². The first-order chi connectivity index (χ1) is 7.12. The van der Waals surface area contributed by atoms with Crippen molar-refractivity contribution in [2.45, 2.75) is 32.4 Å². The summed E-state index contributed by atoms with van der Waals surface area (Å²) in [5.41, 5.74) is -0.778. The van der Waals surface area contributed by atoms with Gasteiger partial charge in [-0.3, -0.25) is 9.89 Å². The van der Waals surface area contributed by atoms with E-state index in [-0.39, 0.29) is 5.91 Å². The van der Waals surface area contributed by atoms with Gasteiger partial charge in [0.15, 0.2) is 0 Å². The molecule has 0 aliphatic rings. The highest BCUT2D eigenvalue weighted by molar-refractivity contribution is 5.84. The molecule has 15 heavy (non-hydrogen) atoms. The Morgan fingerprint density at radius 2 is 2.47 bits per heavy atom. The van der Waals surface area contributed by atoms with Crippen molar-refractivity contribution < 1.29 is 9.53 Å². The zero-order valence-corrected chi connectivity index (χ0v) is 9.20. The summed E-state index contributed by atoms with van der Waals surface area (Å²) in [6, 6.07) is 0. The van der Waals surface area contributed by atoms with Gasteiger partial charge in [-0.05, 0) is 13.3 Å². The van der Waals surface area contributed by atoms with Crippen molar-refractivity contribution in [3.63, 3.8) is 0 Å². The molecule has 0 saturated carbocycles. The molecule has 0 spiro atoms. The van der Waals surface area contributed by atoms with Crippen molar-refractivity contribution in [1.82, 2.24) is 20.5 Å². The van der Waals surface area contributed by atoms with E-state index in [2.05, 4.69) is 20.5 Å². The van der Waals surface area contributed by atoms with Crippen LogP contribution in [0.4, 0.5) is 0 Å². The van der Waals surface area contributed by atoms with Crippen molar-refractivity contribution in [3.8, 4) is 0 Å². The second-order valence-corrected chi connectivity index (χ2v) is 3.40. The monoisotopic (exact) mass is 212 g/mol. The van der Waals surface area contributed by atoms with Gasteiger partial charge in [0.25, 0.3) is 5.91 Å². The minimum absolute atomic E-state index is 0.149. The number of methoxy groups -OCH3 is 1. The third kappa shape index (κ3) is 2.76. The number of hydrogen-bond donors (Lipinski definition) is 2. The van der Waals surface area contributed by atoms with E-state index in [1.165, 1.54) is 13.4 Å². The maximum absolute atomic E-state index is 11.7. The molecule has 0 fully saturated rings. The summed E-state index contributed by atoms with van der Waals surface area (Å²) in [5.74, 6) is 0.474. The number of rotatable bonds is 5. The van der Waals surface area contributed by atoms with E-state index in [1.54, 1.807) is 6.92 Å². The van der Waals surface area contributed by atoms with Crippen LogP contribution in [0.5, 0.6) is 0 Å². The zero-order chi connectivity index (χ0) is 11.3. The molecule has 0 aliphatic heterocycles. The highest BCUT2D eigenvalue weighted by atomic mass is 16.5. The van der Waals surface area contributed by atoms with E-state index >= 15 is 0 Å². The van der Waals surface area contributed by atoms with Crippen molar-refractivity contribution in [2.24, 2.45) is 0 Å². The summed E-state index contributed by atoms with van der Waals surface area (Å²) in [5, 5.41) is 9.08. The molecule has 1 atom stereocenters. The largest absolute Gasteiger partial charge is 0.369 e. The van der Waals surface area contributed by atoms with Crippen LogP contribution in [-0.4, -0.2) is 33.8 Å². The Morgan fingerprint density at radius 3 is 2.93 bits per heavy atom. The highest BCUT2D eigenvalue weighted by Crippen LogP contribution is 2.13. The fourth-order valence-corrected chi connectivity index (χ4v) is 1.06. The molecule has 2 N–H and O–H groups in total. The maximum atomic E-state index is 11.7. The normalized spacial score (nSPS) is 14.6. The molecular weight excluding hydrogens is 196 g/mol. The average Bonchev–Trinajstić information content (AvgIpc) is 2.77. The maximum Gasteiger partial charge on any atom is 0.252 e. The summed E-state index contributed by atoms with van der Waals surface area (Å²) in [7, 11) is 1.53. The molecule has 0 radical (unpaired) electrons. The summed E-state index contributed by atoms with van der Waals surface area (Å²) in [4.78, 5) is 15.6. The van der Waals surface area contributed by atoms with Gasteiger partial charge >= 0.3 is 0 Å². The number of ether oxygens (including phenoxy) is 1. The van der Waals surface area contributed by atoms with Crippen molar-refractivity contribution in [2.75, 3.05) is 7.11 Å². The Morgan fingerprint density at radius 1 is 1.73 bits per heavy atom. The predicted octanol–water partition coefficient (Wildman–Crippen LogP) is 0.236. The Hall–Kier alpha value is -1.43. The number of hydrogen-bond acceptors (Lipinski definition) is 4. The van der Waals surface area contributed by atoms with Gasteiger partial charge in [-0.1, -0.05) is 6.92 Å². The van der Waals surface area contributed by atoms with Crippen LogP contribution in [0.25, 0.3) is 0 Å². The number of H-pyrrole nitrogens is 1. The minimum atomic E-state index is -0.778. The van der Waals surface area contributed by atoms with Crippen molar-refractivity contribution >= 4 is 5.91 Å². The van der Waals surface area contributed by atoms with E-state index in [4.69, 9.17) is 4.74 Å². The minimum Gasteiger partial charge on any atom is -0.369 e. The molecule has 1 unspecified atom stereocenters. The summed E-state index contributed by atoms with van der Waals surface area (Å²) >= 11 is 0. The molecule has 1 aromatic rings. The number of aromatic amines is 1. The van der Waals surface area contributed by atoms with Crippen LogP contribution in [-0.2, 0) is 16.1 Å². The molecule has 0 aliphatic carbocycles. The lowest BCUT2D eigenvalue weighted by molar-refractivity contribution is -0.142. The fraction of sp³-hybridized carbons (Fsp3) is 0.667. The molecule has 1 amide bonds. The van der Waals surface area contributed by atoms with Gasteiger partial charge in [0, 0.05) is 7.11 Å². The number of aromatic nitrogens is 3. The third-order valence-corrected chi connectivity index (χ3v) is 2.49. The molecule has 6 nitrogen and oxygen atoms in total. The van der Waals surface area contributed by atoms with E-state index < -0.39 is 5.60 Å². The first-order valence-corrected chi connectivity index (χ1v) is 4.80. The quantitative estimate of drug-likeness (QED) is 0.732. The first kappa shape index (κ1) is 11.6. The molecule has 0 aromatic carbocycles. The van der Waals surface area contributed by atoms with E-state index in [1.807, 2.05) is 6.92 Å². The number of carbonyl (C=O) groups excluding carboxylic acids is 1. The van der Waals surface area contributed by atoms with Crippen molar-refractivity contribution in [1.29, 1.82) is 0 Å². The molecular formula is C9H16N4O2. The molecule has 0 bridgehead atoms. The second-order valence-electron chi connectivity index (χ2n) is 3.40. The molecule has 0 saturated heterocycles. The van der Waals surface area contributed by atoms with Gasteiger partial charge in [0.2, 0.25) is 0 Å². The topological polar surface area (TPSA) is 79.9 Å². The lowest BCUT2D eigenvalue weighted by atomic mass is 10.0. The third-order valence-electron chi connectivity index (χ3n) is 2.49. The molecule has 1 heterocycles. The molecule has 1 aromatic heterocycles. The van der Waals surface area contributed by atoms with Gasteiger partial charge < -0.3 is 10.1 Å². The SMILES string of the molecule is CCC(C)(OC)C(=O)NCc1ncn[nH]1. The first-order valence-electron chi connectivity index (χ1n) is 4.80. The smallest absolute Gasteiger partial charge is 0.252 e. The second kappa shape index (κ2) is 4.88. The van der Waals surface area contributed by atoms with Gasteiger partial charge in [0.1, 0.15) is 17.8 Å². The Bertz CT molecular complexity index is 306. The zero-order valence-electron chi connectivity index (χ0n) is 9.20. The Kier molecular flexibility index (Phi) is 3.79. The van der Waals surface area contributed by atoms with Gasteiger partial charge in [-0.25, -0.2) is 4.98 Å². The van der Waals surface area contributed by atoms with Crippen LogP contribution in [0.15, 0.2) is 6.33 Å². The van der Waals surface area contributed by atoms with Gasteiger partial charge in [-0.2, -0.15) is 5.10 Å². The molecule has 84 valence electrons. The van der Waals surface area contributed by atoms with Crippen LogP contribution >= 0.6 is 0 Å². The predicted molar refractivity (Wildman–Crippen MR) is 53.9 cm³/mol. The van der Waals surface area contributed by atoms with Gasteiger partial charge in [-0.15, -0.1) is 0 Å². The number of carbonyl (C=O) groups is 1. The molecule has 1 rings (SSSR count). The van der Waals surface area contributed by atoms with Crippen molar-refractivity contribution in [3.05, 3.63) is 12.2 Å². The number of nitrogens with one attached hydrogen (secondary N) is 2. The van der Waals surface area contributed by atoms with Crippen LogP contribution in [0.3, 0.4) is 0 Å². The lowest BCUT2D eigenvalue weighted by Crippen LogP contribution is -2.45. The highest BCUT2D eigenvalue weighted by Gasteiger charge is 2.30. The van der Waals surface area contributed by atoms with Crippen LogP contribution < -0.4 is 5.32 Å². The Labute approximate surface area is 88.4 Å².